The van der Waals surface area contributed by atoms with Crippen molar-refractivity contribution >= 4 is 5.91 Å². The van der Waals surface area contributed by atoms with E-state index in [9.17, 15) is 4.79 Å². The Kier molecular flexibility index (Phi) is 5.59. The minimum Gasteiger partial charge on any atom is -0.375 e. The van der Waals surface area contributed by atoms with Crippen LogP contribution in [0.1, 0.15) is 38.8 Å². The van der Waals surface area contributed by atoms with Crippen LogP contribution in [0.2, 0.25) is 0 Å². The molecule has 2 N–H and O–H groups in total. The van der Waals surface area contributed by atoms with Crippen molar-refractivity contribution in [1.82, 2.24) is 10.6 Å². The molecule has 1 amide bonds. The van der Waals surface area contributed by atoms with Gasteiger partial charge in [-0.05, 0) is 29.9 Å². The van der Waals surface area contributed by atoms with Crippen LogP contribution in [0.5, 0.6) is 0 Å². The van der Waals surface area contributed by atoms with Gasteiger partial charge in [0.25, 0.3) is 0 Å². The van der Waals surface area contributed by atoms with Crippen LogP contribution in [-0.2, 0) is 21.4 Å². The third-order valence-corrected chi connectivity index (χ3v) is 4.13. The summed E-state index contributed by atoms with van der Waals surface area (Å²) in [5.74, 6) is 0.0264. The Morgan fingerprint density at radius 2 is 2.00 bits per heavy atom. The first-order chi connectivity index (χ1) is 10.4. The monoisotopic (exact) mass is 304 g/mol. The van der Waals surface area contributed by atoms with Crippen molar-refractivity contribution in [1.29, 1.82) is 0 Å². The van der Waals surface area contributed by atoms with Gasteiger partial charge in [0.05, 0.1) is 12.7 Å². The van der Waals surface area contributed by atoms with Crippen LogP contribution in [0.3, 0.4) is 0 Å². The fourth-order valence-corrected chi connectivity index (χ4v) is 2.64. The zero-order valence-corrected chi connectivity index (χ0v) is 14.1. The van der Waals surface area contributed by atoms with Crippen LogP contribution < -0.4 is 10.6 Å². The highest BCUT2D eigenvalue weighted by atomic mass is 16.5. The molecule has 2 atom stereocenters. The molecule has 122 valence electrons. The number of nitrogens with one attached hydrogen (secondary N) is 2. The zero-order chi connectivity index (χ0) is 16.2. The van der Waals surface area contributed by atoms with Crippen molar-refractivity contribution in [3.8, 4) is 0 Å². The van der Waals surface area contributed by atoms with Crippen molar-refractivity contribution < 1.29 is 9.53 Å². The van der Waals surface area contributed by atoms with E-state index in [1.807, 2.05) is 6.92 Å². The molecule has 1 fully saturated rings. The number of rotatable bonds is 4. The van der Waals surface area contributed by atoms with Gasteiger partial charge in [-0.25, -0.2) is 0 Å². The third kappa shape index (κ3) is 4.55. The average molecular weight is 304 g/mol. The summed E-state index contributed by atoms with van der Waals surface area (Å²) in [6.45, 7) is 10.6. The number of ether oxygens (including phenoxy) is 1. The number of benzene rings is 1. The zero-order valence-electron chi connectivity index (χ0n) is 14.1. The molecule has 0 spiro atoms. The lowest BCUT2D eigenvalue weighted by Gasteiger charge is -2.29. The standard InChI is InChI=1S/C18H28N2O2/c1-13-16(19-11-12-22-13)17(21)20-10-9-14-5-7-15(8-6-14)18(2,3)4/h5-8,13,16,19H,9-12H2,1-4H3,(H,20,21)/t13-,16+/m1/s1. The van der Waals surface area contributed by atoms with E-state index in [-0.39, 0.29) is 23.5 Å². The van der Waals surface area contributed by atoms with E-state index in [1.54, 1.807) is 0 Å². The summed E-state index contributed by atoms with van der Waals surface area (Å²) in [5, 5.41) is 6.20. The van der Waals surface area contributed by atoms with Crippen molar-refractivity contribution in [2.24, 2.45) is 0 Å². The van der Waals surface area contributed by atoms with Gasteiger partial charge < -0.3 is 15.4 Å². The van der Waals surface area contributed by atoms with Gasteiger partial charge in [-0.1, -0.05) is 45.0 Å². The Morgan fingerprint density at radius 1 is 1.32 bits per heavy atom. The molecular formula is C18H28N2O2. The summed E-state index contributed by atoms with van der Waals surface area (Å²) in [6.07, 6.45) is 0.776. The van der Waals surface area contributed by atoms with E-state index in [2.05, 4.69) is 55.7 Å². The van der Waals surface area contributed by atoms with Crippen LogP contribution in [-0.4, -0.2) is 37.7 Å². The first-order valence-corrected chi connectivity index (χ1v) is 8.10. The number of carbonyl (C=O) groups is 1. The Morgan fingerprint density at radius 3 is 2.59 bits per heavy atom. The Bertz CT molecular complexity index is 491. The summed E-state index contributed by atoms with van der Waals surface area (Å²) in [5.41, 5.74) is 2.75. The number of hydrogen-bond donors (Lipinski definition) is 2. The first kappa shape index (κ1) is 17.0. The van der Waals surface area contributed by atoms with Crippen LogP contribution in [0.15, 0.2) is 24.3 Å². The molecule has 1 aliphatic rings. The largest absolute Gasteiger partial charge is 0.375 e. The number of hydrogen-bond acceptors (Lipinski definition) is 3. The predicted molar refractivity (Wildman–Crippen MR) is 89.1 cm³/mol. The first-order valence-electron chi connectivity index (χ1n) is 8.10. The molecule has 1 aromatic carbocycles. The third-order valence-electron chi connectivity index (χ3n) is 4.13. The minimum absolute atomic E-state index is 0.0264. The van der Waals surface area contributed by atoms with Gasteiger partial charge in [-0.2, -0.15) is 0 Å². The van der Waals surface area contributed by atoms with E-state index >= 15 is 0 Å². The van der Waals surface area contributed by atoms with Gasteiger partial charge in [0.1, 0.15) is 6.04 Å². The van der Waals surface area contributed by atoms with Gasteiger partial charge in [-0.15, -0.1) is 0 Å². The van der Waals surface area contributed by atoms with E-state index < -0.39 is 0 Å². The second kappa shape index (κ2) is 7.25. The van der Waals surface area contributed by atoms with Crippen molar-refractivity contribution in [3.05, 3.63) is 35.4 Å². The Hall–Kier alpha value is -1.39. The van der Waals surface area contributed by atoms with Crippen LogP contribution >= 0.6 is 0 Å². The molecule has 4 nitrogen and oxygen atoms in total. The second-order valence-corrected chi connectivity index (χ2v) is 7.00. The summed E-state index contributed by atoms with van der Waals surface area (Å²) >= 11 is 0. The Labute approximate surface area is 133 Å². The highest BCUT2D eigenvalue weighted by Gasteiger charge is 2.27. The maximum absolute atomic E-state index is 12.1. The van der Waals surface area contributed by atoms with E-state index in [0.29, 0.717) is 13.2 Å². The van der Waals surface area contributed by atoms with Crippen molar-refractivity contribution in [2.45, 2.75) is 51.7 Å². The normalized spacial score (nSPS) is 22.4. The lowest BCUT2D eigenvalue weighted by molar-refractivity contribution is -0.128. The van der Waals surface area contributed by atoms with Gasteiger partial charge in [0.2, 0.25) is 5.91 Å². The van der Waals surface area contributed by atoms with E-state index in [0.717, 1.165) is 13.0 Å². The molecule has 0 aliphatic carbocycles. The molecule has 22 heavy (non-hydrogen) atoms. The summed E-state index contributed by atoms with van der Waals surface area (Å²) in [6, 6.07) is 8.41. The van der Waals surface area contributed by atoms with Gasteiger partial charge in [0.15, 0.2) is 0 Å². The van der Waals surface area contributed by atoms with Crippen molar-refractivity contribution in [2.75, 3.05) is 19.7 Å². The van der Waals surface area contributed by atoms with Gasteiger partial charge in [0, 0.05) is 13.1 Å². The van der Waals surface area contributed by atoms with Crippen LogP contribution in [0.4, 0.5) is 0 Å². The summed E-state index contributed by atoms with van der Waals surface area (Å²) in [4.78, 5) is 12.1. The number of carbonyl (C=O) groups excluding carboxylic acids is 1. The minimum atomic E-state index is -0.239. The maximum Gasteiger partial charge on any atom is 0.239 e. The molecule has 0 bridgehead atoms. The fraction of sp³-hybridized carbons (Fsp3) is 0.611. The smallest absolute Gasteiger partial charge is 0.239 e. The molecule has 4 heteroatoms. The number of amides is 1. The molecule has 1 aliphatic heterocycles. The molecule has 0 radical (unpaired) electrons. The SMILES string of the molecule is C[C@H]1OCCN[C@@H]1C(=O)NCCc1ccc(C(C)(C)C)cc1. The van der Waals surface area contributed by atoms with E-state index in [1.165, 1.54) is 11.1 Å². The molecule has 1 saturated heterocycles. The second-order valence-electron chi connectivity index (χ2n) is 7.00. The summed E-state index contributed by atoms with van der Waals surface area (Å²) in [7, 11) is 0. The predicted octanol–water partition coefficient (Wildman–Crippen LogP) is 2.02. The molecule has 0 unspecified atom stereocenters. The molecule has 1 heterocycles. The quantitative estimate of drug-likeness (QED) is 0.895. The molecule has 1 aromatic rings. The van der Waals surface area contributed by atoms with Gasteiger partial charge in [-0.3, -0.25) is 4.79 Å². The fourth-order valence-electron chi connectivity index (χ4n) is 2.64. The lowest BCUT2D eigenvalue weighted by atomic mass is 9.86. The van der Waals surface area contributed by atoms with E-state index in [4.69, 9.17) is 4.74 Å². The number of morpholine rings is 1. The van der Waals surface area contributed by atoms with Crippen LogP contribution in [0.25, 0.3) is 0 Å². The highest BCUT2D eigenvalue weighted by molar-refractivity contribution is 5.82. The maximum atomic E-state index is 12.1. The molecule has 0 aromatic heterocycles. The summed E-state index contributed by atoms with van der Waals surface area (Å²) < 4.78 is 5.50. The average Bonchev–Trinajstić information content (AvgIpc) is 2.47. The highest BCUT2D eigenvalue weighted by Crippen LogP contribution is 2.22. The van der Waals surface area contributed by atoms with Crippen LogP contribution in [0, 0.1) is 0 Å². The Balaban J connectivity index is 1.79. The molecule has 2 rings (SSSR count). The van der Waals surface area contributed by atoms with Gasteiger partial charge >= 0.3 is 0 Å². The lowest BCUT2D eigenvalue weighted by Crippen LogP contribution is -2.55. The topological polar surface area (TPSA) is 50.4 Å². The molecule has 0 saturated carbocycles. The van der Waals surface area contributed by atoms with Crippen molar-refractivity contribution in [3.63, 3.8) is 0 Å². The molecular weight excluding hydrogens is 276 g/mol.